The summed E-state index contributed by atoms with van der Waals surface area (Å²) in [6.07, 6.45) is 2.36. The molecule has 2 aromatic carbocycles. The van der Waals surface area contributed by atoms with E-state index in [4.69, 9.17) is 0 Å². The second kappa shape index (κ2) is 11.0. The highest BCUT2D eigenvalue weighted by Gasteiger charge is 2.43. The molecule has 0 atom stereocenters. The van der Waals surface area contributed by atoms with Gasteiger partial charge in [-0.3, -0.25) is 4.79 Å². The lowest BCUT2D eigenvalue weighted by atomic mass is 9.96. The summed E-state index contributed by atoms with van der Waals surface area (Å²) in [6, 6.07) is 20.5. The standard InChI is InChI=1S/C22H28N4O.HI/c1-2-23-21(25-16-20(27)24-15-18-9-5-3-6-10-18)26-17-22(13-14-22)19-11-7-4-8-12-19;/h3-12H,2,13-17H2,1H3,(H,24,27)(H2,23,25,26);1H. The quantitative estimate of drug-likeness (QED) is 0.301. The van der Waals surface area contributed by atoms with Crippen LogP contribution in [0.4, 0.5) is 0 Å². The van der Waals surface area contributed by atoms with Crippen LogP contribution in [0.1, 0.15) is 30.9 Å². The van der Waals surface area contributed by atoms with Crippen molar-refractivity contribution < 1.29 is 4.79 Å². The van der Waals surface area contributed by atoms with Gasteiger partial charge >= 0.3 is 0 Å². The summed E-state index contributed by atoms with van der Waals surface area (Å²) in [7, 11) is 0. The number of guanidine groups is 1. The van der Waals surface area contributed by atoms with Gasteiger partial charge in [-0.25, -0.2) is 4.99 Å². The number of nitrogens with one attached hydrogen (secondary N) is 3. The van der Waals surface area contributed by atoms with Crippen molar-refractivity contribution >= 4 is 35.8 Å². The predicted octanol–water partition coefficient (Wildman–Crippen LogP) is 3.21. The number of carbonyl (C=O) groups excluding carboxylic acids is 1. The van der Waals surface area contributed by atoms with Crippen molar-refractivity contribution in [3.8, 4) is 0 Å². The Morgan fingerprint density at radius 1 is 0.964 bits per heavy atom. The first-order valence-corrected chi connectivity index (χ1v) is 9.60. The Kier molecular flexibility index (Phi) is 8.76. The molecular weight excluding hydrogens is 463 g/mol. The Balaban J connectivity index is 0.00000280. The molecule has 0 unspecified atom stereocenters. The number of nitrogens with zero attached hydrogens (tertiary/aromatic N) is 1. The summed E-state index contributed by atoms with van der Waals surface area (Å²) in [5.74, 6) is 0.606. The summed E-state index contributed by atoms with van der Waals surface area (Å²) < 4.78 is 0. The van der Waals surface area contributed by atoms with E-state index in [0.29, 0.717) is 12.5 Å². The number of aliphatic imine (C=N–C) groups is 1. The zero-order valence-corrected chi connectivity index (χ0v) is 18.6. The zero-order chi connectivity index (χ0) is 19.0. The van der Waals surface area contributed by atoms with Gasteiger partial charge in [0, 0.05) is 25.0 Å². The van der Waals surface area contributed by atoms with Crippen molar-refractivity contribution in [2.24, 2.45) is 4.99 Å². The van der Waals surface area contributed by atoms with Crippen molar-refractivity contribution in [3.05, 3.63) is 71.8 Å². The van der Waals surface area contributed by atoms with Crippen LogP contribution >= 0.6 is 24.0 Å². The molecule has 0 spiro atoms. The van der Waals surface area contributed by atoms with Crippen molar-refractivity contribution in [2.75, 3.05) is 19.6 Å². The van der Waals surface area contributed by atoms with Crippen molar-refractivity contribution in [1.82, 2.24) is 16.0 Å². The summed E-state index contributed by atoms with van der Waals surface area (Å²) >= 11 is 0. The van der Waals surface area contributed by atoms with Gasteiger partial charge in [0.1, 0.15) is 6.54 Å². The topological polar surface area (TPSA) is 65.5 Å². The number of benzene rings is 2. The molecule has 1 aliphatic carbocycles. The molecule has 5 nitrogen and oxygen atoms in total. The molecule has 1 amide bonds. The molecule has 1 fully saturated rings. The van der Waals surface area contributed by atoms with Crippen LogP contribution in [0.25, 0.3) is 0 Å². The van der Waals surface area contributed by atoms with Crippen LogP contribution < -0.4 is 16.0 Å². The van der Waals surface area contributed by atoms with E-state index in [9.17, 15) is 4.79 Å². The van der Waals surface area contributed by atoms with Gasteiger partial charge < -0.3 is 16.0 Å². The number of amides is 1. The van der Waals surface area contributed by atoms with Crippen LogP contribution in [-0.2, 0) is 16.8 Å². The van der Waals surface area contributed by atoms with Gasteiger partial charge in [0.2, 0.25) is 5.91 Å². The fraction of sp³-hybridized carbons (Fsp3) is 0.364. The molecule has 0 bridgehead atoms. The normalized spacial score (nSPS) is 14.5. The molecule has 0 heterocycles. The van der Waals surface area contributed by atoms with E-state index in [0.717, 1.165) is 18.7 Å². The number of rotatable bonds is 8. The maximum Gasteiger partial charge on any atom is 0.242 e. The molecule has 0 radical (unpaired) electrons. The molecule has 0 aliphatic heterocycles. The maximum absolute atomic E-state index is 12.1. The highest BCUT2D eigenvalue weighted by Crippen LogP contribution is 2.47. The molecular formula is C22H29IN4O. The summed E-state index contributed by atoms with van der Waals surface area (Å²) in [5, 5.41) is 9.54. The first-order valence-electron chi connectivity index (χ1n) is 9.60. The first kappa shape index (κ1) is 22.2. The van der Waals surface area contributed by atoms with Crippen LogP contribution in [0, 0.1) is 0 Å². The van der Waals surface area contributed by atoms with Crippen LogP contribution in [0.15, 0.2) is 65.7 Å². The van der Waals surface area contributed by atoms with E-state index in [1.54, 1.807) is 0 Å². The Hall–Kier alpha value is -2.09. The zero-order valence-electron chi connectivity index (χ0n) is 16.3. The van der Waals surface area contributed by atoms with Crippen LogP contribution in [0.3, 0.4) is 0 Å². The molecule has 3 rings (SSSR count). The van der Waals surface area contributed by atoms with E-state index in [1.807, 2.05) is 43.3 Å². The molecule has 6 heteroatoms. The van der Waals surface area contributed by atoms with E-state index >= 15 is 0 Å². The Morgan fingerprint density at radius 2 is 1.61 bits per heavy atom. The van der Waals surface area contributed by atoms with Gasteiger partial charge in [-0.15, -0.1) is 24.0 Å². The van der Waals surface area contributed by atoms with Crippen LogP contribution in [0.2, 0.25) is 0 Å². The summed E-state index contributed by atoms with van der Waals surface area (Å²) in [6.45, 7) is 4.25. The fourth-order valence-corrected chi connectivity index (χ4v) is 3.11. The van der Waals surface area contributed by atoms with Crippen LogP contribution in [0.5, 0.6) is 0 Å². The van der Waals surface area contributed by atoms with Gasteiger partial charge in [-0.2, -0.15) is 0 Å². The largest absolute Gasteiger partial charge is 0.357 e. The van der Waals surface area contributed by atoms with E-state index in [-0.39, 0.29) is 41.8 Å². The lowest BCUT2D eigenvalue weighted by molar-refractivity contribution is -0.119. The smallest absolute Gasteiger partial charge is 0.242 e. The van der Waals surface area contributed by atoms with Gasteiger partial charge in [-0.1, -0.05) is 60.7 Å². The second-order valence-electron chi connectivity index (χ2n) is 6.96. The highest BCUT2D eigenvalue weighted by atomic mass is 127. The van der Waals surface area contributed by atoms with Gasteiger partial charge in [-0.05, 0) is 30.9 Å². The molecule has 1 saturated carbocycles. The molecule has 0 aromatic heterocycles. The fourth-order valence-electron chi connectivity index (χ4n) is 3.11. The summed E-state index contributed by atoms with van der Waals surface area (Å²) in [4.78, 5) is 16.5. The number of hydrogen-bond donors (Lipinski definition) is 3. The molecule has 2 aromatic rings. The van der Waals surface area contributed by atoms with E-state index in [2.05, 4.69) is 45.2 Å². The third kappa shape index (κ3) is 6.51. The minimum Gasteiger partial charge on any atom is -0.357 e. The number of halogens is 1. The average molecular weight is 492 g/mol. The third-order valence-electron chi connectivity index (χ3n) is 4.89. The summed E-state index contributed by atoms with van der Waals surface area (Å²) in [5.41, 5.74) is 2.65. The SMILES string of the molecule is CCNC(=NCC(=O)NCc1ccccc1)NCC1(c2ccccc2)CC1.I. The van der Waals surface area contributed by atoms with Crippen molar-refractivity contribution in [2.45, 2.75) is 31.7 Å². The molecule has 3 N–H and O–H groups in total. The van der Waals surface area contributed by atoms with Crippen LogP contribution in [-0.4, -0.2) is 31.5 Å². The predicted molar refractivity (Wildman–Crippen MR) is 125 cm³/mol. The van der Waals surface area contributed by atoms with Gasteiger partial charge in [0.15, 0.2) is 5.96 Å². The molecule has 28 heavy (non-hydrogen) atoms. The van der Waals surface area contributed by atoms with Crippen molar-refractivity contribution in [1.29, 1.82) is 0 Å². The first-order chi connectivity index (χ1) is 13.2. The average Bonchev–Trinajstić information content (AvgIpc) is 3.51. The monoisotopic (exact) mass is 492 g/mol. The number of hydrogen-bond acceptors (Lipinski definition) is 2. The molecule has 0 saturated heterocycles. The second-order valence-corrected chi connectivity index (χ2v) is 6.96. The minimum atomic E-state index is -0.0831. The lowest BCUT2D eigenvalue weighted by Crippen LogP contribution is -2.42. The maximum atomic E-state index is 12.1. The highest BCUT2D eigenvalue weighted by molar-refractivity contribution is 14.0. The van der Waals surface area contributed by atoms with Crippen molar-refractivity contribution in [3.63, 3.8) is 0 Å². The Bertz CT molecular complexity index is 761. The molecule has 150 valence electrons. The third-order valence-corrected chi connectivity index (χ3v) is 4.89. The van der Waals surface area contributed by atoms with Gasteiger partial charge in [0.25, 0.3) is 0 Å². The Morgan fingerprint density at radius 3 is 2.21 bits per heavy atom. The van der Waals surface area contributed by atoms with E-state index < -0.39 is 0 Å². The Labute approximate surface area is 184 Å². The lowest BCUT2D eigenvalue weighted by Gasteiger charge is -2.19. The molecule has 1 aliphatic rings. The van der Waals surface area contributed by atoms with Gasteiger partial charge in [0.05, 0.1) is 0 Å². The number of carbonyl (C=O) groups is 1. The van der Waals surface area contributed by atoms with E-state index in [1.165, 1.54) is 18.4 Å². The minimum absolute atomic E-state index is 0.